The van der Waals surface area contributed by atoms with Crippen molar-refractivity contribution in [2.75, 3.05) is 25.4 Å². The Hall–Kier alpha value is -1.12. The zero-order valence-corrected chi connectivity index (χ0v) is 11.9. The summed E-state index contributed by atoms with van der Waals surface area (Å²) in [5.41, 5.74) is 6.11. The highest BCUT2D eigenvalue weighted by atomic mass is 32.2. The van der Waals surface area contributed by atoms with E-state index in [0.29, 0.717) is 37.8 Å². The quantitative estimate of drug-likeness (QED) is 0.799. The smallest absolute Gasteiger partial charge is 0.279 e. The summed E-state index contributed by atoms with van der Waals surface area (Å²) in [6, 6.07) is 0. The molecule has 1 aromatic rings. The Balaban J connectivity index is 1.81. The van der Waals surface area contributed by atoms with E-state index >= 15 is 0 Å². The lowest BCUT2D eigenvalue weighted by molar-refractivity contribution is 0.285. The van der Waals surface area contributed by atoms with Crippen LogP contribution in [0, 0.1) is 5.92 Å². The molecule has 1 aliphatic rings. The molecule has 0 aromatic carbocycles. The maximum Gasteiger partial charge on any atom is 0.279 e. The van der Waals surface area contributed by atoms with Gasteiger partial charge in [0.2, 0.25) is 0 Å². The van der Waals surface area contributed by atoms with Crippen LogP contribution in [-0.2, 0) is 16.8 Å². The maximum absolute atomic E-state index is 12.0. The minimum atomic E-state index is -3.36. The minimum Gasteiger partial charge on any atom is -0.396 e. The van der Waals surface area contributed by atoms with E-state index in [2.05, 4.69) is 16.7 Å². The van der Waals surface area contributed by atoms with E-state index in [0.717, 1.165) is 12.8 Å². The van der Waals surface area contributed by atoms with Crippen molar-refractivity contribution in [3.63, 3.8) is 0 Å². The van der Waals surface area contributed by atoms with Crippen LogP contribution in [0.15, 0.2) is 12.4 Å². The molecule has 7 nitrogen and oxygen atoms in total. The third-order valence-electron chi connectivity index (χ3n) is 3.36. The second-order valence-corrected chi connectivity index (χ2v) is 6.77. The average molecular weight is 287 g/mol. The second kappa shape index (κ2) is 5.89. The number of aromatic nitrogens is 2. The fraction of sp³-hybridized carbons (Fsp3) is 0.727. The van der Waals surface area contributed by atoms with Gasteiger partial charge in [-0.2, -0.15) is 17.8 Å². The Morgan fingerprint density at radius 3 is 2.74 bits per heavy atom. The molecule has 0 radical (unpaired) electrons. The predicted octanol–water partition coefficient (Wildman–Crippen LogP) is 0.0316. The molecule has 0 atom stereocenters. The van der Waals surface area contributed by atoms with E-state index < -0.39 is 10.2 Å². The Labute approximate surface area is 113 Å². The summed E-state index contributed by atoms with van der Waals surface area (Å²) in [6.07, 6.45) is 5.07. The third-order valence-corrected chi connectivity index (χ3v) is 4.98. The number of nitrogens with one attached hydrogen (secondary N) is 1. The van der Waals surface area contributed by atoms with Crippen molar-refractivity contribution in [3.05, 3.63) is 12.4 Å². The molecule has 2 rings (SSSR count). The summed E-state index contributed by atoms with van der Waals surface area (Å²) < 4.78 is 29.8. The topological polar surface area (TPSA) is 93.2 Å². The Morgan fingerprint density at radius 1 is 1.47 bits per heavy atom. The molecule has 1 fully saturated rings. The lowest BCUT2D eigenvalue weighted by Crippen LogP contribution is -2.45. The van der Waals surface area contributed by atoms with Gasteiger partial charge in [-0.05, 0) is 18.8 Å². The highest BCUT2D eigenvalue weighted by molar-refractivity contribution is 7.87. The van der Waals surface area contributed by atoms with Gasteiger partial charge in [-0.1, -0.05) is 6.92 Å². The van der Waals surface area contributed by atoms with Gasteiger partial charge < -0.3 is 5.73 Å². The van der Waals surface area contributed by atoms with Gasteiger partial charge in [0.1, 0.15) is 0 Å². The van der Waals surface area contributed by atoms with Crippen molar-refractivity contribution in [1.82, 2.24) is 18.8 Å². The monoisotopic (exact) mass is 287 g/mol. The molecule has 8 heteroatoms. The molecule has 0 bridgehead atoms. The van der Waals surface area contributed by atoms with Gasteiger partial charge in [0, 0.05) is 25.8 Å². The molecule has 1 aromatic heterocycles. The first-order chi connectivity index (χ1) is 8.97. The number of piperidine rings is 1. The first kappa shape index (κ1) is 14.3. The number of hydrogen-bond donors (Lipinski definition) is 2. The van der Waals surface area contributed by atoms with E-state index in [1.807, 2.05) is 0 Å². The molecule has 1 aliphatic heterocycles. The van der Waals surface area contributed by atoms with E-state index in [4.69, 9.17) is 5.73 Å². The van der Waals surface area contributed by atoms with Crippen molar-refractivity contribution in [2.45, 2.75) is 26.3 Å². The van der Waals surface area contributed by atoms with Crippen LogP contribution >= 0.6 is 0 Å². The summed E-state index contributed by atoms with van der Waals surface area (Å²) in [4.78, 5) is 0. The highest BCUT2D eigenvalue weighted by Gasteiger charge is 2.25. The number of nitrogen functional groups attached to an aromatic ring is 1. The summed E-state index contributed by atoms with van der Waals surface area (Å²) >= 11 is 0. The molecule has 0 aliphatic carbocycles. The van der Waals surface area contributed by atoms with Gasteiger partial charge in [-0.15, -0.1) is 0 Å². The lowest BCUT2D eigenvalue weighted by Gasteiger charge is -2.29. The van der Waals surface area contributed by atoms with Gasteiger partial charge in [0.15, 0.2) is 0 Å². The van der Waals surface area contributed by atoms with Gasteiger partial charge in [0.05, 0.1) is 18.4 Å². The minimum absolute atomic E-state index is 0.315. The normalized spacial score (nSPS) is 18.8. The molecular weight excluding hydrogens is 266 g/mol. The highest BCUT2D eigenvalue weighted by Crippen LogP contribution is 2.17. The van der Waals surface area contributed by atoms with Crippen LogP contribution in [0.5, 0.6) is 0 Å². The number of nitrogens with two attached hydrogens (primary N) is 1. The fourth-order valence-electron chi connectivity index (χ4n) is 2.11. The fourth-order valence-corrected chi connectivity index (χ4v) is 3.33. The molecule has 0 unspecified atom stereocenters. The third kappa shape index (κ3) is 3.92. The number of nitrogens with zero attached hydrogens (tertiary/aromatic N) is 3. The Kier molecular flexibility index (Phi) is 4.43. The summed E-state index contributed by atoms with van der Waals surface area (Å²) in [7, 11) is -3.36. The van der Waals surface area contributed by atoms with Crippen molar-refractivity contribution < 1.29 is 8.42 Å². The molecule has 108 valence electrons. The van der Waals surface area contributed by atoms with Crippen LogP contribution in [0.3, 0.4) is 0 Å². The predicted molar refractivity (Wildman–Crippen MR) is 73.5 cm³/mol. The van der Waals surface area contributed by atoms with E-state index in [1.165, 1.54) is 4.31 Å². The molecule has 0 saturated carbocycles. The van der Waals surface area contributed by atoms with Crippen molar-refractivity contribution >= 4 is 15.9 Å². The van der Waals surface area contributed by atoms with E-state index in [-0.39, 0.29) is 0 Å². The number of anilines is 1. The standard InChI is InChI=1S/C11H21N5O2S/c1-10-2-5-16(6-3-10)19(17,18)14-4-7-15-9-11(12)8-13-15/h8-10,14H,2-7,12H2,1H3. The second-order valence-electron chi connectivity index (χ2n) is 5.02. The van der Waals surface area contributed by atoms with Crippen LogP contribution in [0.4, 0.5) is 5.69 Å². The largest absolute Gasteiger partial charge is 0.396 e. The zero-order chi connectivity index (χ0) is 13.9. The van der Waals surface area contributed by atoms with Gasteiger partial charge >= 0.3 is 0 Å². The van der Waals surface area contributed by atoms with Crippen LogP contribution in [-0.4, -0.2) is 42.1 Å². The van der Waals surface area contributed by atoms with Crippen molar-refractivity contribution in [3.8, 4) is 0 Å². The average Bonchev–Trinajstić information content (AvgIpc) is 2.75. The zero-order valence-electron chi connectivity index (χ0n) is 11.1. The molecule has 1 saturated heterocycles. The van der Waals surface area contributed by atoms with Crippen LogP contribution in [0.1, 0.15) is 19.8 Å². The first-order valence-electron chi connectivity index (χ1n) is 6.50. The number of hydrogen-bond acceptors (Lipinski definition) is 4. The Morgan fingerprint density at radius 2 is 2.16 bits per heavy atom. The molecule has 0 spiro atoms. The van der Waals surface area contributed by atoms with Crippen molar-refractivity contribution in [1.29, 1.82) is 0 Å². The molecule has 19 heavy (non-hydrogen) atoms. The SMILES string of the molecule is CC1CCN(S(=O)(=O)NCCn2cc(N)cn2)CC1. The van der Waals surface area contributed by atoms with Crippen LogP contribution < -0.4 is 10.5 Å². The van der Waals surface area contributed by atoms with Gasteiger partial charge in [-0.25, -0.2) is 4.72 Å². The molecule has 0 amide bonds. The van der Waals surface area contributed by atoms with Gasteiger partial charge in [0.25, 0.3) is 10.2 Å². The molecule has 3 N–H and O–H groups in total. The summed E-state index contributed by atoms with van der Waals surface area (Å²) in [5.74, 6) is 0.610. The van der Waals surface area contributed by atoms with Gasteiger partial charge in [-0.3, -0.25) is 4.68 Å². The lowest BCUT2D eigenvalue weighted by atomic mass is 10.0. The Bertz CT molecular complexity index is 505. The maximum atomic E-state index is 12.0. The first-order valence-corrected chi connectivity index (χ1v) is 7.94. The van der Waals surface area contributed by atoms with Crippen LogP contribution in [0.25, 0.3) is 0 Å². The summed E-state index contributed by atoms with van der Waals surface area (Å²) in [5, 5.41) is 4.00. The summed E-state index contributed by atoms with van der Waals surface area (Å²) in [6.45, 7) is 4.14. The molecular formula is C11H21N5O2S. The van der Waals surface area contributed by atoms with E-state index in [1.54, 1.807) is 17.1 Å². The van der Waals surface area contributed by atoms with Crippen LogP contribution in [0.2, 0.25) is 0 Å². The number of rotatable bonds is 5. The molecule has 2 heterocycles. The van der Waals surface area contributed by atoms with Crippen molar-refractivity contribution in [2.24, 2.45) is 5.92 Å². The van der Waals surface area contributed by atoms with E-state index in [9.17, 15) is 8.42 Å².